The van der Waals surface area contributed by atoms with E-state index in [2.05, 4.69) is 22.7 Å². The van der Waals surface area contributed by atoms with Crippen LogP contribution in [0.25, 0.3) is 0 Å². The maximum Gasteiger partial charge on any atom is 0.407 e. The average Bonchev–Trinajstić information content (AvgIpc) is 2.03. The third-order valence-electron chi connectivity index (χ3n) is 3.17. The summed E-state index contributed by atoms with van der Waals surface area (Å²) in [5.41, 5.74) is 7.94. The van der Waals surface area contributed by atoms with Crippen LogP contribution >= 0.6 is 12.2 Å². The van der Waals surface area contributed by atoms with E-state index in [1.165, 1.54) is 4.90 Å². The van der Waals surface area contributed by atoms with Gasteiger partial charge in [-0.05, 0) is 31.0 Å². The zero-order chi connectivity index (χ0) is 11.8. The van der Waals surface area contributed by atoms with Crippen molar-refractivity contribution in [2.45, 2.75) is 12.8 Å². The highest BCUT2D eigenvalue weighted by molar-refractivity contribution is 7.80. The number of hydrogen-bond donors (Lipinski definition) is 3. The molecule has 1 aliphatic heterocycles. The summed E-state index contributed by atoms with van der Waals surface area (Å²) in [4.78, 5) is 12.0. The highest BCUT2D eigenvalue weighted by Crippen LogP contribution is 2.51. The summed E-state index contributed by atoms with van der Waals surface area (Å²) in [5, 5.41) is 12.8. The summed E-state index contributed by atoms with van der Waals surface area (Å²) in [6.45, 7) is 1.32. The predicted molar refractivity (Wildman–Crippen MR) is 63.2 cm³/mol. The van der Waals surface area contributed by atoms with Crippen molar-refractivity contribution < 1.29 is 9.90 Å². The molecular formula is C9H14N4O2S. The van der Waals surface area contributed by atoms with Gasteiger partial charge in [0.15, 0.2) is 5.11 Å². The fraction of sp³-hybridized carbons (Fsp3) is 0.667. The fourth-order valence-corrected chi connectivity index (χ4v) is 2.57. The first-order chi connectivity index (χ1) is 7.51. The molecule has 0 radical (unpaired) electrons. The molecule has 0 aromatic heterocycles. The van der Waals surface area contributed by atoms with E-state index in [0.717, 1.165) is 12.8 Å². The highest BCUT2D eigenvalue weighted by atomic mass is 32.1. The van der Waals surface area contributed by atoms with Gasteiger partial charge in [-0.25, -0.2) is 4.79 Å². The number of nitrogens with one attached hydrogen (secondary N) is 1. The molecule has 1 amide bonds. The van der Waals surface area contributed by atoms with Crippen LogP contribution in [0.1, 0.15) is 12.8 Å². The number of rotatable bonds is 2. The monoisotopic (exact) mass is 242 g/mol. The van der Waals surface area contributed by atoms with Gasteiger partial charge in [-0.3, -0.25) is 5.43 Å². The Morgan fingerprint density at radius 2 is 2.25 bits per heavy atom. The molecule has 7 heteroatoms. The molecule has 0 atom stereocenters. The van der Waals surface area contributed by atoms with Gasteiger partial charge in [-0.1, -0.05) is 0 Å². The zero-order valence-electron chi connectivity index (χ0n) is 8.72. The van der Waals surface area contributed by atoms with Crippen LogP contribution in [-0.4, -0.2) is 40.5 Å². The number of thiocarbonyl (C=S) groups is 1. The quantitative estimate of drug-likeness (QED) is 0.365. The van der Waals surface area contributed by atoms with Gasteiger partial charge in [0.1, 0.15) is 0 Å². The van der Waals surface area contributed by atoms with E-state index in [0.29, 0.717) is 19.0 Å². The van der Waals surface area contributed by atoms with Gasteiger partial charge in [0.25, 0.3) is 0 Å². The summed E-state index contributed by atoms with van der Waals surface area (Å²) in [7, 11) is 0. The third-order valence-corrected chi connectivity index (χ3v) is 3.26. The minimum Gasteiger partial charge on any atom is -0.465 e. The molecule has 1 saturated carbocycles. The number of carbonyl (C=O) groups is 1. The fourth-order valence-electron chi connectivity index (χ4n) is 2.52. The first-order valence-corrected chi connectivity index (χ1v) is 5.48. The van der Waals surface area contributed by atoms with Crippen molar-refractivity contribution in [2.24, 2.45) is 22.2 Å². The van der Waals surface area contributed by atoms with Crippen molar-refractivity contribution in [3.63, 3.8) is 0 Å². The third kappa shape index (κ3) is 2.08. The molecule has 1 spiro atoms. The number of amides is 1. The van der Waals surface area contributed by atoms with Gasteiger partial charge in [0, 0.05) is 24.7 Å². The van der Waals surface area contributed by atoms with Crippen LogP contribution < -0.4 is 11.2 Å². The Balaban J connectivity index is 1.69. The first-order valence-electron chi connectivity index (χ1n) is 5.07. The molecule has 0 unspecified atom stereocenters. The molecule has 1 aliphatic carbocycles. The van der Waals surface area contributed by atoms with Gasteiger partial charge in [0.2, 0.25) is 0 Å². The SMILES string of the molecule is NC(=S)N/N=C\C1CC2(C1)CN(C(=O)O)C2. The Morgan fingerprint density at radius 3 is 2.75 bits per heavy atom. The summed E-state index contributed by atoms with van der Waals surface area (Å²) in [6.07, 6.45) is 2.98. The minimum atomic E-state index is -0.821. The lowest BCUT2D eigenvalue weighted by Crippen LogP contribution is -2.63. The molecule has 0 aromatic carbocycles. The Labute approximate surface area is 98.5 Å². The Morgan fingerprint density at radius 1 is 1.62 bits per heavy atom. The van der Waals surface area contributed by atoms with Gasteiger partial charge >= 0.3 is 6.09 Å². The second-order valence-electron chi connectivity index (χ2n) is 4.56. The topological polar surface area (TPSA) is 91.0 Å². The number of nitrogens with two attached hydrogens (primary N) is 1. The molecule has 6 nitrogen and oxygen atoms in total. The number of likely N-dealkylation sites (tertiary alicyclic amines) is 1. The minimum absolute atomic E-state index is 0.158. The van der Waals surface area contributed by atoms with E-state index in [9.17, 15) is 4.79 Å². The van der Waals surface area contributed by atoms with E-state index in [-0.39, 0.29) is 10.5 Å². The number of nitrogens with zero attached hydrogens (tertiary/aromatic N) is 2. The Bertz CT molecular complexity index is 343. The molecule has 0 bridgehead atoms. The van der Waals surface area contributed by atoms with Gasteiger partial charge in [-0.15, -0.1) is 0 Å². The zero-order valence-corrected chi connectivity index (χ0v) is 9.54. The summed E-state index contributed by atoms with van der Waals surface area (Å²) in [5.74, 6) is 0.415. The average molecular weight is 242 g/mol. The van der Waals surface area contributed by atoms with E-state index < -0.39 is 6.09 Å². The number of hydrazone groups is 1. The van der Waals surface area contributed by atoms with Crippen molar-refractivity contribution in [1.82, 2.24) is 10.3 Å². The van der Waals surface area contributed by atoms with Gasteiger partial charge in [-0.2, -0.15) is 5.10 Å². The van der Waals surface area contributed by atoms with Crippen molar-refractivity contribution in [2.75, 3.05) is 13.1 Å². The maximum absolute atomic E-state index is 10.6. The normalized spacial score (nSPS) is 22.9. The van der Waals surface area contributed by atoms with Crippen LogP contribution in [0.5, 0.6) is 0 Å². The van der Waals surface area contributed by atoms with E-state index in [1.807, 2.05) is 0 Å². The number of hydrogen-bond acceptors (Lipinski definition) is 3. The highest BCUT2D eigenvalue weighted by Gasteiger charge is 2.53. The van der Waals surface area contributed by atoms with Gasteiger partial charge < -0.3 is 15.7 Å². The van der Waals surface area contributed by atoms with Crippen molar-refractivity contribution in [3.8, 4) is 0 Å². The largest absolute Gasteiger partial charge is 0.465 e. The van der Waals surface area contributed by atoms with Crippen molar-refractivity contribution in [3.05, 3.63) is 0 Å². The number of carboxylic acid groups (broad SMARTS) is 1. The van der Waals surface area contributed by atoms with E-state index in [1.54, 1.807) is 6.21 Å². The van der Waals surface area contributed by atoms with E-state index >= 15 is 0 Å². The summed E-state index contributed by atoms with van der Waals surface area (Å²) >= 11 is 4.61. The van der Waals surface area contributed by atoms with Crippen LogP contribution in [0.15, 0.2) is 5.10 Å². The van der Waals surface area contributed by atoms with Gasteiger partial charge in [0.05, 0.1) is 0 Å². The molecule has 1 saturated heterocycles. The van der Waals surface area contributed by atoms with Crippen LogP contribution in [0.3, 0.4) is 0 Å². The standard InChI is InChI=1S/C9H14N4O2S/c10-7(16)12-11-3-6-1-9(2-6)4-13(5-9)8(14)15/h3,6H,1-2,4-5H2,(H,14,15)(H3,10,12,16)/b11-3-. The smallest absolute Gasteiger partial charge is 0.407 e. The van der Waals surface area contributed by atoms with E-state index in [4.69, 9.17) is 10.8 Å². The molecule has 0 aromatic rings. The molecular weight excluding hydrogens is 228 g/mol. The van der Waals surface area contributed by atoms with Crippen LogP contribution in [-0.2, 0) is 0 Å². The van der Waals surface area contributed by atoms with Crippen molar-refractivity contribution >= 4 is 29.6 Å². The molecule has 2 fully saturated rings. The Hall–Kier alpha value is -1.37. The van der Waals surface area contributed by atoms with Crippen LogP contribution in [0.2, 0.25) is 0 Å². The molecule has 4 N–H and O–H groups in total. The van der Waals surface area contributed by atoms with Crippen molar-refractivity contribution in [1.29, 1.82) is 0 Å². The molecule has 2 rings (SSSR count). The van der Waals surface area contributed by atoms with Crippen LogP contribution in [0, 0.1) is 11.3 Å². The lowest BCUT2D eigenvalue weighted by molar-refractivity contribution is -0.0609. The molecule has 16 heavy (non-hydrogen) atoms. The Kier molecular flexibility index (Phi) is 2.71. The summed E-state index contributed by atoms with van der Waals surface area (Å²) in [6, 6.07) is 0. The molecule has 88 valence electrons. The molecule has 1 heterocycles. The lowest BCUT2D eigenvalue weighted by atomic mass is 9.58. The lowest BCUT2D eigenvalue weighted by Gasteiger charge is -2.57. The predicted octanol–water partition coefficient (Wildman–Crippen LogP) is 0.195. The first kappa shape index (κ1) is 11.1. The molecule has 2 aliphatic rings. The second-order valence-corrected chi connectivity index (χ2v) is 5.00. The summed E-state index contributed by atoms with van der Waals surface area (Å²) < 4.78 is 0. The van der Waals surface area contributed by atoms with Crippen LogP contribution in [0.4, 0.5) is 4.79 Å². The maximum atomic E-state index is 10.6. The second kappa shape index (κ2) is 3.89.